The van der Waals surface area contributed by atoms with E-state index < -0.39 is 18.0 Å². The van der Waals surface area contributed by atoms with Crippen LogP contribution in [0.5, 0.6) is 0 Å². The molecule has 1 atom stereocenters. The lowest BCUT2D eigenvalue weighted by Gasteiger charge is -2.19. The molecule has 0 radical (unpaired) electrons. The number of nitrogens with one attached hydrogen (secondary N) is 1. The van der Waals surface area contributed by atoms with Crippen LogP contribution in [0.25, 0.3) is 0 Å². The number of aliphatic carboxylic acids is 1. The van der Waals surface area contributed by atoms with Crippen LogP contribution in [0.3, 0.4) is 0 Å². The van der Waals surface area contributed by atoms with Crippen LogP contribution in [0.2, 0.25) is 0 Å². The number of amides is 2. The lowest BCUT2D eigenvalue weighted by atomic mass is 10.3. The van der Waals surface area contributed by atoms with Crippen molar-refractivity contribution < 1.29 is 14.7 Å². The molecule has 1 aromatic heterocycles. The Morgan fingerprint density at radius 1 is 1.65 bits per heavy atom. The largest absolute Gasteiger partial charge is 0.480 e. The third-order valence-corrected chi connectivity index (χ3v) is 3.39. The zero-order valence-corrected chi connectivity index (χ0v) is 9.98. The number of hydrogen-bond acceptors (Lipinski definition) is 4. The number of nitrogens with zero attached hydrogens (tertiary/aromatic N) is 3. The van der Waals surface area contributed by atoms with Gasteiger partial charge in [-0.1, -0.05) is 0 Å². The van der Waals surface area contributed by atoms with Gasteiger partial charge in [-0.3, -0.25) is 10.00 Å². The Bertz CT molecular complexity index is 447. The summed E-state index contributed by atoms with van der Waals surface area (Å²) >= 11 is 1.42. The van der Waals surface area contributed by atoms with E-state index in [0.717, 1.165) is 0 Å². The number of urea groups is 1. The Morgan fingerprint density at radius 3 is 3.00 bits per heavy atom. The van der Waals surface area contributed by atoms with Crippen LogP contribution in [0.15, 0.2) is 12.3 Å². The first-order valence-corrected chi connectivity index (χ1v) is 6.11. The predicted molar refractivity (Wildman–Crippen MR) is 62.8 cm³/mol. The van der Waals surface area contributed by atoms with E-state index in [2.05, 4.69) is 10.4 Å². The van der Waals surface area contributed by atoms with Gasteiger partial charge < -0.3 is 10.0 Å². The number of thioether (sulfide) groups is 1. The maximum atomic E-state index is 11.8. The number of rotatable bonds is 2. The summed E-state index contributed by atoms with van der Waals surface area (Å²) < 4.78 is 1.56. The van der Waals surface area contributed by atoms with Crippen LogP contribution >= 0.6 is 11.8 Å². The number of aryl methyl sites for hydroxylation is 1. The summed E-state index contributed by atoms with van der Waals surface area (Å²) in [5.41, 5.74) is 0. The molecular formula is C9H12N4O3S. The highest BCUT2D eigenvalue weighted by Gasteiger charge is 2.34. The molecule has 92 valence electrons. The van der Waals surface area contributed by atoms with Crippen molar-refractivity contribution in [3.8, 4) is 0 Å². The maximum absolute atomic E-state index is 11.8. The second-order valence-corrected chi connectivity index (χ2v) is 4.63. The van der Waals surface area contributed by atoms with Crippen LogP contribution in [-0.4, -0.2) is 49.5 Å². The van der Waals surface area contributed by atoms with Gasteiger partial charge in [-0.15, -0.1) is 11.8 Å². The second kappa shape index (κ2) is 4.66. The summed E-state index contributed by atoms with van der Waals surface area (Å²) in [5, 5.41) is 15.5. The highest BCUT2D eigenvalue weighted by Crippen LogP contribution is 2.21. The van der Waals surface area contributed by atoms with Crippen molar-refractivity contribution in [2.45, 2.75) is 6.04 Å². The molecule has 1 unspecified atom stereocenters. The van der Waals surface area contributed by atoms with Gasteiger partial charge in [-0.2, -0.15) is 5.10 Å². The predicted octanol–water partition coefficient (Wildman–Crippen LogP) is 0.411. The molecule has 2 heterocycles. The molecule has 0 spiro atoms. The fraction of sp³-hybridized carbons (Fsp3) is 0.444. The van der Waals surface area contributed by atoms with E-state index in [4.69, 9.17) is 5.11 Å². The van der Waals surface area contributed by atoms with Crippen LogP contribution < -0.4 is 5.32 Å². The molecule has 17 heavy (non-hydrogen) atoms. The Kier molecular flexibility index (Phi) is 3.23. The SMILES string of the molecule is Cn1ccc(NC(=O)N2CSCC2C(=O)O)n1. The van der Waals surface area contributed by atoms with E-state index in [-0.39, 0.29) is 0 Å². The van der Waals surface area contributed by atoms with Gasteiger partial charge in [-0.25, -0.2) is 9.59 Å². The Labute approximate surface area is 102 Å². The van der Waals surface area contributed by atoms with Gasteiger partial charge in [0.05, 0.1) is 5.88 Å². The minimum Gasteiger partial charge on any atom is -0.480 e. The summed E-state index contributed by atoms with van der Waals surface area (Å²) in [5.74, 6) is 0.241. The molecule has 2 N–H and O–H groups in total. The van der Waals surface area contributed by atoms with Crippen molar-refractivity contribution >= 4 is 29.6 Å². The highest BCUT2D eigenvalue weighted by atomic mass is 32.2. The lowest BCUT2D eigenvalue weighted by molar-refractivity contribution is -0.140. The minimum atomic E-state index is -0.980. The molecular weight excluding hydrogens is 244 g/mol. The normalized spacial score (nSPS) is 19.4. The van der Waals surface area contributed by atoms with E-state index in [1.165, 1.54) is 16.7 Å². The first-order chi connectivity index (χ1) is 8.08. The van der Waals surface area contributed by atoms with E-state index >= 15 is 0 Å². The topological polar surface area (TPSA) is 87.5 Å². The average Bonchev–Trinajstić information content (AvgIpc) is 2.86. The molecule has 0 aromatic carbocycles. The van der Waals surface area contributed by atoms with Crippen LogP contribution in [0.1, 0.15) is 0 Å². The van der Waals surface area contributed by atoms with Crippen molar-refractivity contribution in [2.24, 2.45) is 7.05 Å². The molecule has 1 fully saturated rings. The standard InChI is InChI=1S/C9H12N4O3S/c1-12-3-2-7(11-12)10-9(16)13-5-17-4-6(13)8(14)15/h2-3,6H,4-5H2,1H3,(H,14,15)(H,10,11,16). The van der Waals surface area contributed by atoms with Crippen molar-refractivity contribution in [3.63, 3.8) is 0 Å². The van der Waals surface area contributed by atoms with Crippen LogP contribution in [-0.2, 0) is 11.8 Å². The fourth-order valence-corrected chi connectivity index (χ4v) is 2.66. The van der Waals surface area contributed by atoms with Crippen LogP contribution in [0, 0.1) is 0 Å². The first-order valence-electron chi connectivity index (χ1n) is 4.96. The van der Waals surface area contributed by atoms with Crippen molar-refractivity contribution in [1.82, 2.24) is 14.7 Å². The molecule has 8 heteroatoms. The van der Waals surface area contributed by atoms with Crippen molar-refractivity contribution in [1.29, 1.82) is 0 Å². The molecule has 0 bridgehead atoms. The number of carboxylic acid groups (broad SMARTS) is 1. The Hall–Kier alpha value is -1.70. The zero-order chi connectivity index (χ0) is 12.4. The monoisotopic (exact) mass is 256 g/mol. The van der Waals surface area contributed by atoms with Gasteiger partial charge in [0.2, 0.25) is 0 Å². The van der Waals surface area contributed by atoms with E-state index in [1.807, 2.05) is 0 Å². The molecule has 7 nitrogen and oxygen atoms in total. The zero-order valence-electron chi connectivity index (χ0n) is 9.16. The minimum absolute atomic E-state index is 0.385. The number of carbonyl (C=O) groups excluding carboxylic acids is 1. The number of anilines is 1. The Balaban J connectivity index is 2.02. The van der Waals surface area contributed by atoms with Crippen molar-refractivity contribution in [2.75, 3.05) is 16.9 Å². The van der Waals surface area contributed by atoms with E-state index in [9.17, 15) is 9.59 Å². The fourth-order valence-electron chi connectivity index (χ4n) is 1.51. The maximum Gasteiger partial charge on any atom is 0.327 e. The van der Waals surface area contributed by atoms with Gasteiger partial charge in [0.1, 0.15) is 6.04 Å². The third kappa shape index (κ3) is 2.52. The average molecular weight is 256 g/mol. The van der Waals surface area contributed by atoms with Gasteiger partial charge in [0.15, 0.2) is 5.82 Å². The lowest BCUT2D eigenvalue weighted by Crippen LogP contribution is -2.44. The number of carboxylic acids is 1. The number of aromatic nitrogens is 2. The first kappa shape index (κ1) is 11.8. The van der Waals surface area contributed by atoms with Gasteiger partial charge in [0.25, 0.3) is 0 Å². The number of hydrogen-bond donors (Lipinski definition) is 2. The number of carbonyl (C=O) groups is 2. The van der Waals surface area contributed by atoms with Gasteiger partial charge in [0, 0.05) is 25.1 Å². The molecule has 2 rings (SSSR count). The molecule has 0 aliphatic carbocycles. The molecule has 1 saturated heterocycles. The molecule has 1 aliphatic heterocycles. The third-order valence-electron chi connectivity index (χ3n) is 2.38. The molecule has 0 saturated carbocycles. The summed E-state index contributed by atoms with van der Waals surface area (Å²) in [6, 6.07) is 0.460. The Morgan fingerprint density at radius 2 is 2.41 bits per heavy atom. The molecule has 1 aromatic rings. The summed E-state index contributed by atoms with van der Waals surface area (Å²) in [4.78, 5) is 24.0. The molecule has 1 aliphatic rings. The highest BCUT2D eigenvalue weighted by molar-refractivity contribution is 7.99. The summed E-state index contributed by atoms with van der Waals surface area (Å²) in [6.45, 7) is 0. The van der Waals surface area contributed by atoms with Crippen molar-refractivity contribution in [3.05, 3.63) is 12.3 Å². The summed E-state index contributed by atoms with van der Waals surface area (Å²) in [7, 11) is 1.74. The van der Waals surface area contributed by atoms with E-state index in [1.54, 1.807) is 24.0 Å². The smallest absolute Gasteiger partial charge is 0.327 e. The van der Waals surface area contributed by atoms with E-state index in [0.29, 0.717) is 17.4 Å². The summed E-state index contributed by atoms with van der Waals surface area (Å²) in [6.07, 6.45) is 1.70. The molecule has 2 amide bonds. The van der Waals surface area contributed by atoms with Crippen LogP contribution in [0.4, 0.5) is 10.6 Å². The van der Waals surface area contributed by atoms with Gasteiger partial charge in [-0.05, 0) is 0 Å². The second-order valence-electron chi connectivity index (χ2n) is 3.63. The van der Waals surface area contributed by atoms with Gasteiger partial charge >= 0.3 is 12.0 Å². The quantitative estimate of drug-likeness (QED) is 0.800.